The lowest BCUT2D eigenvalue weighted by Crippen LogP contribution is -1.91. The molecule has 0 saturated carbocycles. The summed E-state index contributed by atoms with van der Waals surface area (Å²) in [7, 11) is 0. The maximum atomic E-state index is 9.55. The van der Waals surface area contributed by atoms with Gasteiger partial charge in [0.25, 0.3) is 0 Å². The lowest BCUT2D eigenvalue weighted by atomic mass is 10.5. The topological polar surface area (TPSA) is 190 Å². The largest absolute Gasteiger partial charge is 0.478 e. The molecular formula is C8H10O10. The van der Waals surface area contributed by atoms with E-state index in [0.29, 0.717) is 24.3 Å². The molecule has 0 rings (SSSR count). The van der Waals surface area contributed by atoms with E-state index in [1.807, 2.05) is 0 Å². The van der Waals surface area contributed by atoms with Crippen LogP contribution in [0, 0.1) is 0 Å². The van der Waals surface area contributed by atoms with Crippen molar-refractivity contribution in [2.75, 3.05) is 0 Å². The van der Waals surface area contributed by atoms with E-state index in [1.165, 1.54) is 0 Å². The minimum absolute atomic E-state index is 0.558. The van der Waals surface area contributed by atoms with Crippen LogP contribution in [0.2, 0.25) is 0 Å². The maximum absolute atomic E-state index is 9.55. The monoisotopic (exact) mass is 266 g/mol. The third kappa shape index (κ3) is 37.8. The SMILES string of the molecule is O=C(O)/C=C\C(=O)O.O=C(O)/C=C\C(=O)O.OO. The first-order chi connectivity index (χ1) is 8.25. The van der Waals surface area contributed by atoms with Crippen LogP contribution in [0.5, 0.6) is 0 Å². The first-order valence-corrected chi connectivity index (χ1v) is 3.73. The van der Waals surface area contributed by atoms with Gasteiger partial charge in [-0.3, -0.25) is 10.5 Å². The zero-order valence-electron chi connectivity index (χ0n) is 8.63. The second-order valence-corrected chi connectivity index (χ2v) is 2.02. The van der Waals surface area contributed by atoms with Crippen LogP contribution in [0.1, 0.15) is 0 Å². The highest BCUT2D eigenvalue weighted by Crippen LogP contribution is 1.71. The molecule has 0 aliphatic carbocycles. The van der Waals surface area contributed by atoms with Gasteiger partial charge in [0.2, 0.25) is 0 Å². The average molecular weight is 266 g/mol. The van der Waals surface area contributed by atoms with Gasteiger partial charge in [-0.1, -0.05) is 0 Å². The molecule has 6 N–H and O–H groups in total. The van der Waals surface area contributed by atoms with Gasteiger partial charge in [0, 0.05) is 24.3 Å². The number of hydrogen-bond acceptors (Lipinski definition) is 6. The average Bonchev–Trinajstić information content (AvgIpc) is 2.27. The second kappa shape index (κ2) is 14.3. The quantitative estimate of drug-likeness (QED) is 0.218. The predicted octanol–water partition coefficient (Wildman–Crippen LogP) is -0.559. The molecule has 0 atom stereocenters. The van der Waals surface area contributed by atoms with Crippen molar-refractivity contribution in [3.63, 3.8) is 0 Å². The minimum atomic E-state index is -1.26. The first-order valence-electron chi connectivity index (χ1n) is 3.73. The predicted molar refractivity (Wildman–Crippen MR) is 54.1 cm³/mol. The van der Waals surface area contributed by atoms with E-state index in [9.17, 15) is 19.2 Å². The van der Waals surface area contributed by atoms with Crippen LogP contribution in [0.15, 0.2) is 24.3 Å². The summed E-state index contributed by atoms with van der Waals surface area (Å²) in [4.78, 5) is 38.2. The van der Waals surface area contributed by atoms with Crippen molar-refractivity contribution in [1.29, 1.82) is 0 Å². The van der Waals surface area contributed by atoms with E-state index in [4.69, 9.17) is 30.9 Å². The molecule has 0 bridgehead atoms. The van der Waals surface area contributed by atoms with Crippen LogP contribution in [0.4, 0.5) is 0 Å². The Kier molecular flexibility index (Phi) is 16.4. The van der Waals surface area contributed by atoms with Gasteiger partial charge in [-0.05, 0) is 0 Å². The summed E-state index contributed by atoms with van der Waals surface area (Å²) in [5, 5.41) is 43.2. The van der Waals surface area contributed by atoms with Crippen LogP contribution >= 0.6 is 0 Å². The lowest BCUT2D eigenvalue weighted by molar-refractivity contribution is -0.176. The van der Waals surface area contributed by atoms with Gasteiger partial charge >= 0.3 is 23.9 Å². The van der Waals surface area contributed by atoms with Crippen LogP contribution < -0.4 is 0 Å². The number of carboxylic acid groups (broad SMARTS) is 4. The third-order valence-electron chi connectivity index (χ3n) is 0.737. The molecule has 18 heavy (non-hydrogen) atoms. The molecule has 10 nitrogen and oxygen atoms in total. The highest BCUT2D eigenvalue weighted by Gasteiger charge is 1.88. The van der Waals surface area contributed by atoms with E-state index < -0.39 is 23.9 Å². The maximum Gasteiger partial charge on any atom is 0.328 e. The fourth-order valence-corrected chi connectivity index (χ4v) is 0.285. The van der Waals surface area contributed by atoms with Gasteiger partial charge in [0.15, 0.2) is 0 Å². The van der Waals surface area contributed by atoms with Crippen molar-refractivity contribution >= 4 is 23.9 Å². The van der Waals surface area contributed by atoms with Gasteiger partial charge in [-0.25, -0.2) is 19.2 Å². The van der Waals surface area contributed by atoms with Crippen LogP contribution in [-0.4, -0.2) is 54.8 Å². The summed E-state index contributed by atoms with van der Waals surface area (Å²) in [6, 6.07) is 0. The Morgan fingerprint density at radius 3 is 0.667 bits per heavy atom. The fraction of sp³-hybridized carbons (Fsp3) is 0. The van der Waals surface area contributed by atoms with E-state index in [2.05, 4.69) is 0 Å². The molecule has 0 radical (unpaired) electrons. The molecule has 10 heteroatoms. The fourth-order valence-electron chi connectivity index (χ4n) is 0.285. The van der Waals surface area contributed by atoms with Crippen molar-refractivity contribution in [1.82, 2.24) is 0 Å². The van der Waals surface area contributed by atoms with E-state index >= 15 is 0 Å². The molecule has 0 spiro atoms. The summed E-state index contributed by atoms with van der Waals surface area (Å²) in [5.41, 5.74) is 0. The molecule has 0 aromatic rings. The summed E-state index contributed by atoms with van der Waals surface area (Å²) >= 11 is 0. The molecule has 0 aromatic carbocycles. The number of aliphatic carboxylic acids is 4. The van der Waals surface area contributed by atoms with Crippen molar-refractivity contribution < 1.29 is 50.1 Å². The van der Waals surface area contributed by atoms with Crippen molar-refractivity contribution in [2.24, 2.45) is 0 Å². The van der Waals surface area contributed by atoms with Crippen molar-refractivity contribution in [3.8, 4) is 0 Å². The smallest absolute Gasteiger partial charge is 0.328 e. The Morgan fingerprint density at radius 2 is 0.611 bits per heavy atom. The normalized spacial score (nSPS) is 8.78. The van der Waals surface area contributed by atoms with Crippen molar-refractivity contribution in [3.05, 3.63) is 24.3 Å². The van der Waals surface area contributed by atoms with E-state index in [-0.39, 0.29) is 0 Å². The standard InChI is InChI=1S/2C4H4O4.H2O2/c2*5-3(6)1-2-4(7)8;1-2/h2*1-2H,(H,5,6)(H,7,8);1-2H/b2*2-1-;. The molecule has 0 aliphatic heterocycles. The Bertz CT molecular complexity index is 274. The molecule has 0 heterocycles. The highest BCUT2D eigenvalue weighted by molar-refractivity contribution is 5.90. The number of hydrogen-bond donors (Lipinski definition) is 6. The first kappa shape index (κ1) is 20.7. The third-order valence-corrected chi connectivity index (χ3v) is 0.737. The Morgan fingerprint density at radius 1 is 0.500 bits per heavy atom. The summed E-state index contributed by atoms with van der Waals surface area (Å²) < 4.78 is 0. The second-order valence-electron chi connectivity index (χ2n) is 2.02. The number of carboxylic acids is 4. The van der Waals surface area contributed by atoms with E-state index in [0.717, 1.165) is 0 Å². The summed E-state index contributed by atoms with van der Waals surface area (Å²) in [5.74, 6) is -5.03. The summed E-state index contributed by atoms with van der Waals surface area (Å²) in [6.07, 6.45) is 2.23. The molecule has 102 valence electrons. The van der Waals surface area contributed by atoms with Crippen molar-refractivity contribution in [2.45, 2.75) is 0 Å². The highest BCUT2D eigenvalue weighted by atomic mass is 17.0. The van der Waals surface area contributed by atoms with Crippen LogP contribution in [0.3, 0.4) is 0 Å². The van der Waals surface area contributed by atoms with Gasteiger partial charge < -0.3 is 20.4 Å². The van der Waals surface area contributed by atoms with Gasteiger partial charge in [0.05, 0.1) is 0 Å². The Hall–Kier alpha value is -2.72. The lowest BCUT2D eigenvalue weighted by Gasteiger charge is -1.74. The van der Waals surface area contributed by atoms with Gasteiger partial charge in [-0.15, -0.1) is 0 Å². The van der Waals surface area contributed by atoms with E-state index in [1.54, 1.807) is 0 Å². The molecular weight excluding hydrogens is 256 g/mol. The number of carbonyl (C=O) groups is 4. The molecule has 0 aromatic heterocycles. The molecule has 0 amide bonds. The molecule has 0 saturated heterocycles. The molecule has 0 aliphatic rings. The van der Waals surface area contributed by atoms with Gasteiger partial charge in [-0.2, -0.15) is 0 Å². The van der Waals surface area contributed by atoms with Crippen LogP contribution in [-0.2, 0) is 19.2 Å². The molecule has 0 fully saturated rings. The molecule has 0 unspecified atom stereocenters. The number of rotatable bonds is 4. The minimum Gasteiger partial charge on any atom is -0.478 e. The Balaban J connectivity index is -0.000000219. The zero-order valence-corrected chi connectivity index (χ0v) is 8.63. The Labute approximate surface area is 99.3 Å². The van der Waals surface area contributed by atoms with Gasteiger partial charge in [0.1, 0.15) is 0 Å². The zero-order chi connectivity index (χ0) is 15.1. The summed E-state index contributed by atoms with van der Waals surface area (Å²) in [6.45, 7) is 0. The van der Waals surface area contributed by atoms with Crippen LogP contribution in [0.25, 0.3) is 0 Å².